The highest BCUT2D eigenvalue weighted by Gasteiger charge is 2.32. The van der Waals surface area contributed by atoms with Crippen molar-refractivity contribution in [2.24, 2.45) is 4.99 Å². The zero-order valence-corrected chi connectivity index (χ0v) is 14.6. The van der Waals surface area contributed by atoms with Gasteiger partial charge in [-0.2, -0.15) is 0 Å². The number of aliphatic imine (C=N–C) groups is 1. The van der Waals surface area contributed by atoms with Gasteiger partial charge in [0.2, 0.25) is 0 Å². The van der Waals surface area contributed by atoms with Crippen molar-refractivity contribution in [2.75, 3.05) is 7.05 Å². The number of allylic oxidation sites excluding steroid dienone is 2. The van der Waals surface area contributed by atoms with Crippen LogP contribution < -0.4 is 10.9 Å². The standard InChI is InChI=1S/C21H24BNO/c1-5-6-17-20(23-4)21(2,3)24-22(18-13-9-7-10-14-18)19-15-11-8-12-16-19/h5-17H,1H2,2-4H3/b17-6-,23-20+. The number of hydrogen-bond acceptors (Lipinski definition) is 2. The molecule has 0 fully saturated rings. The number of benzene rings is 2. The highest BCUT2D eigenvalue weighted by atomic mass is 16.5. The lowest BCUT2D eigenvalue weighted by atomic mass is 9.55. The first-order valence-corrected chi connectivity index (χ1v) is 8.12. The van der Waals surface area contributed by atoms with Crippen LogP contribution in [0.1, 0.15) is 13.8 Å². The van der Waals surface area contributed by atoms with Gasteiger partial charge in [-0.3, -0.25) is 4.99 Å². The number of hydrogen-bond donors (Lipinski definition) is 0. The van der Waals surface area contributed by atoms with Crippen molar-refractivity contribution >= 4 is 23.6 Å². The predicted octanol–water partition coefficient (Wildman–Crippen LogP) is 3.40. The maximum absolute atomic E-state index is 6.54. The minimum Gasteiger partial charge on any atom is -0.416 e. The third kappa shape index (κ3) is 4.56. The molecule has 0 bridgehead atoms. The van der Waals surface area contributed by atoms with Gasteiger partial charge in [0, 0.05) is 7.05 Å². The lowest BCUT2D eigenvalue weighted by molar-refractivity contribution is 0.191. The fraction of sp³-hybridized carbons (Fsp3) is 0.190. The normalized spacial score (nSPS) is 12.4. The van der Waals surface area contributed by atoms with Gasteiger partial charge in [-0.05, 0) is 30.8 Å². The van der Waals surface area contributed by atoms with Gasteiger partial charge >= 0.3 is 6.92 Å². The van der Waals surface area contributed by atoms with Crippen molar-refractivity contribution < 1.29 is 4.65 Å². The summed E-state index contributed by atoms with van der Waals surface area (Å²) in [6.45, 7) is 7.65. The fourth-order valence-electron chi connectivity index (χ4n) is 2.64. The van der Waals surface area contributed by atoms with E-state index in [1.54, 1.807) is 13.1 Å². The van der Waals surface area contributed by atoms with Gasteiger partial charge in [0.25, 0.3) is 0 Å². The zero-order valence-electron chi connectivity index (χ0n) is 14.6. The molecule has 2 aromatic carbocycles. The Morgan fingerprint density at radius 2 is 1.50 bits per heavy atom. The molecule has 0 unspecified atom stereocenters. The molecule has 2 nitrogen and oxygen atoms in total. The topological polar surface area (TPSA) is 21.6 Å². The Hall–Kier alpha value is -2.39. The third-order valence-corrected chi connectivity index (χ3v) is 3.87. The maximum atomic E-state index is 6.54. The Labute approximate surface area is 145 Å². The Morgan fingerprint density at radius 1 is 1.00 bits per heavy atom. The van der Waals surface area contributed by atoms with E-state index in [2.05, 4.69) is 35.8 Å². The summed E-state index contributed by atoms with van der Waals surface area (Å²) >= 11 is 0. The van der Waals surface area contributed by atoms with Crippen molar-refractivity contribution in [3.63, 3.8) is 0 Å². The molecule has 3 heteroatoms. The molecule has 0 aromatic heterocycles. The molecule has 0 aliphatic heterocycles. The van der Waals surface area contributed by atoms with Crippen molar-refractivity contribution in [1.29, 1.82) is 0 Å². The Bertz CT molecular complexity index is 666. The molecule has 0 radical (unpaired) electrons. The van der Waals surface area contributed by atoms with Crippen LogP contribution in [0.15, 0.2) is 90.5 Å². The van der Waals surface area contributed by atoms with E-state index in [-0.39, 0.29) is 6.92 Å². The molecule has 0 heterocycles. The molecule has 2 aromatic rings. The maximum Gasteiger partial charge on any atom is 0.362 e. The van der Waals surface area contributed by atoms with Gasteiger partial charge in [0.05, 0.1) is 11.3 Å². The monoisotopic (exact) mass is 317 g/mol. The van der Waals surface area contributed by atoms with Gasteiger partial charge in [-0.15, -0.1) is 0 Å². The lowest BCUT2D eigenvalue weighted by Gasteiger charge is -2.30. The highest BCUT2D eigenvalue weighted by Crippen LogP contribution is 2.15. The van der Waals surface area contributed by atoms with Crippen molar-refractivity contribution in [3.8, 4) is 0 Å². The summed E-state index contributed by atoms with van der Waals surface area (Å²) in [5.74, 6) is 0. The third-order valence-electron chi connectivity index (χ3n) is 3.87. The fourth-order valence-corrected chi connectivity index (χ4v) is 2.64. The number of nitrogens with zero attached hydrogens (tertiary/aromatic N) is 1. The van der Waals surface area contributed by atoms with Crippen LogP contribution in [0, 0.1) is 0 Å². The van der Waals surface area contributed by atoms with Gasteiger partial charge < -0.3 is 4.65 Å². The van der Waals surface area contributed by atoms with Crippen molar-refractivity contribution in [1.82, 2.24) is 0 Å². The van der Waals surface area contributed by atoms with Gasteiger partial charge in [0.1, 0.15) is 0 Å². The Kier molecular flexibility index (Phi) is 6.33. The van der Waals surface area contributed by atoms with E-state index in [0.29, 0.717) is 0 Å². The second-order valence-corrected chi connectivity index (χ2v) is 6.03. The molecule has 122 valence electrons. The molecule has 0 saturated carbocycles. The van der Waals surface area contributed by atoms with Crippen LogP contribution in [0.3, 0.4) is 0 Å². The molecule has 0 spiro atoms. The summed E-state index contributed by atoms with van der Waals surface area (Å²) in [4.78, 5) is 4.39. The molecule has 0 aliphatic carbocycles. The minimum atomic E-state index is -0.537. The molecule has 0 saturated heterocycles. The van der Waals surface area contributed by atoms with E-state index in [0.717, 1.165) is 16.6 Å². The smallest absolute Gasteiger partial charge is 0.362 e. The van der Waals surface area contributed by atoms with E-state index in [1.165, 1.54) is 0 Å². The first kappa shape index (κ1) is 18.0. The molecular formula is C21H24BNO. The molecule has 0 atom stereocenters. The Morgan fingerprint density at radius 3 is 1.92 bits per heavy atom. The molecule has 24 heavy (non-hydrogen) atoms. The first-order chi connectivity index (χ1) is 11.6. The van der Waals surface area contributed by atoms with E-state index in [9.17, 15) is 0 Å². The Balaban J connectivity index is 2.38. The molecule has 0 aliphatic rings. The van der Waals surface area contributed by atoms with Crippen LogP contribution in [0.5, 0.6) is 0 Å². The molecule has 0 N–H and O–H groups in total. The molecular weight excluding hydrogens is 293 g/mol. The van der Waals surface area contributed by atoms with Crippen LogP contribution in [0.25, 0.3) is 0 Å². The summed E-state index contributed by atoms with van der Waals surface area (Å²) < 4.78 is 6.54. The largest absolute Gasteiger partial charge is 0.416 e. The van der Waals surface area contributed by atoms with Crippen molar-refractivity contribution in [2.45, 2.75) is 19.4 Å². The van der Waals surface area contributed by atoms with Gasteiger partial charge in [-0.25, -0.2) is 0 Å². The average molecular weight is 317 g/mol. The summed E-state index contributed by atoms with van der Waals surface area (Å²) in [7, 11) is 1.79. The van der Waals surface area contributed by atoms with Gasteiger partial charge in [-0.1, -0.05) is 79.4 Å². The summed E-state index contributed by atoms with van der Waals surface area (Å²) in [6, 6.07) is 20.5. The minimum absolute atomic E-state index is 0.156. The second-order valence-electron chi connectivity index (χ2n) is 6.03. The molecule has 0 amide bonds. The van der Waals surface area contributed by atoms with Crippen LogP contribution in [-0.4, -0.2) is 25.3 Å². The quantitative estimate of drug-likeness (QED) is 0.436. The van der Waals surface area contributed by atoms with Crippen LogP contribution in [-0.2, 0) is 4.65 Å². The van der Waals surface area contributed by atoms with E-state index < -0.39 is 5.60 Å². The summed E-state index contributed by atoms with van der Waals surface area (Å²) in [5.41, 5.74) is 2.59. The lowest BCUT2D eigenvalue weighted by Crippen LogP contribution is -2.52. The second kappa shape index (κ2) is 8.46. The van der Waals surface area contributed by atoms with E-state index in [1.807, 2.05) is 62.4 Å². The SMILES string of the molecule is C=C/C=C\C(=N/C)C(C)(C)OB(c1ccccc1)c1ccccc1. The summed E-state index contributed by atoms with van der Waals surface area (Å²) in [6.07, 6.45) is 5.57. The van der Waals surface area contributed by atoms with Gasteiger partial charge in [0.15, 0.2) is 0 Å². The van der Waals surface area contributed by atoms with Crippen LogP contribution in [0.2, 0.25) is 0 Å². The number of rotatable bonds is 7. The first-order valence-electron chi connectivity index (χ1n) is 8.12. The highest BCUT2D eigenvalue weighted by molar-refractivity contribution is 6.80. The van der Waals surface area contributed by atoms with Crippen molar-refractivity contribution in [3.05, 3.63) is 85.5 Å². The van der Waals surface area contributed by atoms with E-state index >= 15 is 0 Å². The predicted molar refractivity (Wildman–Crippen MR) is 106 cm³/mol. The van der Waals surface area contributed by atoms with Crippen LogP contribution in [0.4, 0.5) is 0 Å². The van der Waals surface area contributed by atoms with E-state index in [4.69, 9.17) is 4.65 Å². The van der Waals surface area contributed by atoms with Crippen LogP contribution >= 0.6 is 0 Å². The average Bonchev–Trinajstić information content (AvgIpc) is 2.62. The summed E-state index contributed by atoms with van der Waals surface area (Å²) in [5, 5.41) is 0. The zero-order chi connectivity index (χ0) is 17.4. The molecule has 2 rings (SSSR count).